The number of benzene rings is 2. The van der Waals surface area contributed by atoms with Gasteiger partial charge in [-0.05, 0) is 68.8 Å². The van der Waals surface area contributed by atoms with Crippen molar-refractivity contribution in [2.24, 2.45) is 0 Å². The van der Waals surface area contributed by atoms with Gasteiger partial charge in [0.2, 0.25) is 10.0 Å². The van der Waals surface area contributed by atoms with Crippen LogP contribution in [-0.2, 0) is 10.0 Å². The van der Waals surface area contributed by atoms with E-state index in [1.165, 1.54) is 12.1 Å². The van der Waals surface area contributed by atoms with Crippen LogP contribution in [0.25, 0.3) is 0 Å². The molecule has 3 rings (SSSR count). The van der Waals surface area contributed by atoms with Gasteiger partial charge in [-0.2, -0.15) is 0 Å². The van der Waals surface area contributed by atoms with Gasteiger partial charge in [0.05, 0.1) is 12.0 Å². The summed E-state index contributed by atoms with van der Waals surface area (Å²) in [7, 11) is -1.92. The number of anilines is 1. The van der Waals surface area contributed by atoms with Crippen molar-refractivity contribution in [2.45, 2.75) is 31.2 Å². The second-order valence-corrected chi connectivity index (χ2v) is 9.35. The predicted octanol–water partition coefficient (Wildman–Crippen LogP) is 2.73. The molecule has 2 aromatic carbocycles. The Balaban J connectivity index is 1.65. The van der Waals surface area contributed by atoms with Crippen LogP contribution in [-0.4, -0.2) is 58.6 Å². The minimum Gasteiger partial charge on any atom is -0.497 e. The molecule has 1 heterocycles. The van der Waals surface area contributed by atoms with E-state index in [-0.39, 0.29) is 16.8 Å². The molecule has 0 atom stereocenters. The number of nitrogens with one attached hydrogen (secondary N) is 1. The molecule has 162 valence electrons. The van der Waals surface area contributed by atoms with Crippen LogP contribution in [0.15, 0.2) is 53.4 Å². The van der Waals surface area contributed by atoms with Crippen molar-refractivity contribution in [2.75, 3.05) is 38.2 Å². The van der Waals surface area contributed by atoms with Crippen molar-refractivity contribution in [3.05, 3.63) is 54.1 Å². The summed E-state index contributed by atoms with van der Waals surface area (Å²) in [6.07, 6.45) is 0.864. The molecule has 1 aliphatic heterocycles. The molecule has 0 aromatic heterocycles. The standard InChI is InChI=1S/C22H29N3O4S/c1-17(2)23-30(27,28)21-11-5-18(6-12-21)22(26)25-14-4-13-24(15-16-25)19-7-9-20(29-3)10-8-19/h5-12,17,23H,4,13-16H2,1-3H3. The highest BCUT2D eigenvalue weighted by atomic mass is 32.2. The largest absolute Gasteiger partial charge is 0.497 e. The average Bonchev–Trinajstić information content (AvgIpc) is 2.99. The van der Waals surface area contributed by atoms with Crippen LogP contribution in [0.3, 0.4) is 0 Å². The summed E-state index contributed by atoms with van der Waals surface area (Å²) in [5, 5.41) is 0. The first-order chi connectivity index (χ1) is 14.3. The smallest absolute Gasteiger partial charge is 0.253 e. The van der Waals surface area contributed by atoms with E-state index in [1.807, 2.05) is 29.2 Å². The van der Waals surface area contributed by atoms with Crippen LogP contribution < -0.4 is 14.4 Å². The Bertz CT molecular complexity index is 957. The van der Waals surface area contributed by atoms with Gasteiger partial charge >= 0.3 is 0 Å². The zero-order chi connectivity index (χ0) is 21.7. The Morgan fingerprint density at radius 2 is 1.63 bits per heavy atom. The maximum atomic E-state index is 12.9. The summed E-state index contributed by atoms with van der Waals surface area (Å²) in [5.41, 5.74) is 1.61. The molecule has 1 saturated heterocycles. The quantitative estimate of drug-likeness (QED) is 0.761. The third-order valence-corrected chi connectivity index (χ3v) is 6.70. The van der Waals surface area contributed by atoms with Crippen molar-refractivity contribution in [3.8, 4) is 5.75 Å². The first-order valence-electron chi connectivity index (χ1n) is 10.1. The summed E-state index contributed by atoms with van der Waals surface area (Å²) in [6, 6.07) is 13.9. The fourth-order valence-corrected chi connectivity index (χ4v) is 4.76. The number of rotatable bonds is 6. The van der Waals surface area contributed by atoms with Gasteiger partial charge in [-0.1, -0.05) is 0 Å². The lowest BCUT2D eigenvalue weighted by atomic mass is 10.2. The molecule has 1 aliphatic rings. The fourth-order valence-electron chi connectivity index (χ4n) is 3.51. The normalized spacial score (nSPS) is 15.2. The van der Waals surface area contributed by atoms with Gasteiger partial charge < -0.3 is 14.5 Å². The van der Waals surface area contributed by atoms with Crippen LogP contribution in [0.2, 0.25) is 0 Å². The topological polar surface area (TPSA) is 79.0 Å². The molecule has 0 unspecified atom stereocenters. The molecule has 1 N–H and O–H groups in total. The molecular weight excluding hydrogens is 402 g/mol. The first-order valence-corrected chi connectivity index (χ1v) is 11.6. The Hall–Kier alpha value is -2.58. The number of hydrogen-bond donors (Lipinski definition) is 1. The number of sulfonamides is 1. The lowest BCUT2D eigenvalue weighted by molar-refractivity contribution is 0.0767. The molecule has 0 aliphatic carbocycles. The van der Waals surface area contributed by atoms with E-state index in [9.17, 15) is 13.2 Å². The van der Waals surface area contributed by atoms with E-state index >= 15 is 0 Å². The number of nitrogens with zero attached hydrogens (tertiary/aromatic N) is 2. The maximum Gasteiger partial charge on any atom is 0.253 e. The van der Waals surface area contributed by atoms with E-state index in [1.54, 1.807) is 33.1 Å². The highest BCUT2D eigenvalue weighted by molar-refractivity contribution is 7.89. The van der Waals surface area contributed by atoms with Crippen LogP contribution in [0.1, 0.15) is 30.6 Å². The molecule has 8 heteroatoms. The van der Waals surface area contributed by atoms with Gasteiger partial charge in [-0.3, -0.25) is 4.79 Å². The third-order valence-electron chi connectivity index (χ3n) is 5.02. The van der Waals surface area contributed by atoms with Gasteiger partial charge in [-0.15, -0.1) is 0 Å². The monoisotopic (exact) mass is 431 g/mol. The maximum absolute atomic E-state index is 12.9. The van der Waals surface area contributed by atoms with Crippen molar-refractivity contribution < 1.29 is 17.9 Å². The molecule has 2 aromatic rings. The van der Waals surface area contributed by atoms with E-state index in [4.69, 9.17) is 4.74 Å². The van der Waals surface area contributed by atoms with Gasteiger partial charge in [-0.25, -0.2) is 13.1 Å². The molecule has 0 saturated carbocycles. The second-order valence-electron chi connectivity index (χ2n) is 7.63. The second kappa shape index (κ2) is 9.49. The lowest BCUT2D eigenvalue weighted by Gasteiger charge is -2.24. The van der Waals surface area contributed by atoms with Crippen molar-refractivity contribution in [1.29, 1.82) is 0 Å². The van der Waals surface area contributed by atoms with Crippen molar-refractivity contribution >= 4 is 21.6 Å². The van der Waals surface area contributed by atoms with E-state index in [2.05, 4.69) is 9.62 Å². The van der Waals surface area contributed by atoms with Gasteiger partial charge in [0, 0.05) is 43.5 Å². The Morgan fingerprint density at radius 3 is 2.23 bits per heavy atom. The van der Waals surface area contributed by atoms with Crippen molar-refractivity contribution in [3.63, 3.8) is 0 Å². The Morgan fingerprint density at radius 1 is 0.967 bits per heavy atom. The number of methoxy groups -OCH3 is 1. The number of hydrogen-bond acceptors (Lipinski definition) is 5. The zero-order valence-electron chi connectivity index (χ0n) is 17.7. The summed E-state index contributed by atoms with van der Waals surface area (Å²) >= 11 is 0. The van der Waals surface area contributed by atoms with E-state index in [0.29, 0.717) is 18.7 Å². The molecule has 1 amide bonds. The summed E-state index contributed by atoms with van der Waals surface area (Å²) in [5.74, 6) is 0.742. The minimum absolute atomic E-state index is 0.0765. The highest BCUT2D eigenvalue weighted by Crippen LogP contribution is 2.21. The number of amides is 1. The summed E-state index contributed by atoms with van der Waals surface area (Å²) in [6.45, 7) is 6.42. The highest BCUT2D eigenvalue weighted by Gasteiger charge is 2.22. The Kier molecular flexibility index (Phi) is 6.99. The van der Waals surface area contributed by atoms with E-state index < -0.39 is 10.0 Å². The number of carbonyl (C=O) groups excluding carboxylic acids is 1. The third kappa shape index (κ3) is 5.31. The SMILES string of the molecule is COc1ccc(N2CCCN(C(=O)c3ccc(S(=O)(=O)NC(C)C)cc3)CC2)cc1. The van der Waals surface area contributed by atoms with E-state index in [0.717, 1.165) is 30.9 Å². The molecule has 30 heavy (non-hydrogen) atoms. The van der Waals surface area contributed by atoms with Gasteiger partial charge in [0.15, 0.2) is 0 Å². The van der Waals surface area contributed by atoms with Crippen LogP contribution in [0.4, 0.5) is 5.69 Å². The number of ether oxygens (including phenoxy) is 1. The molecular formula is C22H29N3O4S. The van der Waals surface area contributed by atoms with Gasteiger partial charge in [0.1, 0.15) is 5.75 Å². The zero-order valence-corrected chi connectivity index (χ0v) is 18.5. The molecule has 0 radical (unpaired) electrons. The Labute approximate surface area is 178 Å². The molecule has 1 fully saturated rings. The molecule has 0 spiro atoms. The van der Waals surface area contributed by atoms with Gasteiger partial charge in [0.25, 0.3) is 5.91 Å². The minimum atomic E-state index is -3.57. The predicted molar refractivity (Wildman–Crippen MR) is 118 cm³/mol. The first kappa shape index (κ1) is 22.1. The summed E-state index contributed by atoms with van der Waals surface area (Å²) < 4.78 is 32.3. The average molecular weight is 432 g/mol. The number of carbonyl (C=O) groups is 1. The lowest BCUT2D eigenvalue weighted by Crippen LogP contribution is -2.35. The fraction of sp³-hybridized carbons (Fsp3) is 0.409. The molecule has 7 nitrogen and oxygen atoms in total. The molecule has 0 bridgehead atoms. The van der Waals surface area contributed by atoms with Crippen LogP contribution >= 0.6 is 0 Å². The van der Waals surface area contributed by atoms with Crippen molar-refractivity contribution in [1.82, 2.24) is 9.62 Å². The van der Waals surface area contributed by atoms with Crippen LogP contribution in [0.5, 0.6) is 5.75 Å². The van der Waals surface area contributed by atoms with Crippen LogP contribution in [0, 0.1) is 0 Å². The summed E-state index contributed by atoms with van der Waals surface area (Å²) in [4.78, 5) is 17.2.